The molecule has 0 spiro atoms. The molecule has 2 rings (SSSR count). The van der Waals surface area contributed by atoms with E-state index in [-0.39, 0.29) is 11.9 Å². The second-order valence-electron chi connectivity index (χ2n) is 6.58. The summed E-state index contributed by atoms with van der Waals surface area (Å²) in [5, 5.41) is 3.44. The van der Waals surface area contributed by atoms with Crippen LogP contribution in [0.4, 0.5) is 0 Å². The van der Waals surface area contributed by atoms with Crippen molar-refractivity contribution in [3.63, 3.8) is 0 Å². The van der Waals surface area contributed by atoms with Gasteiger partial charge in [0.15, 0.2) is 0 Å². The van der Waals surface area contributed by atoms with Gasteiger partial charge in [0, 0.05) is 18.2 Å². The van der Waals surface area contributed by atoms with E-state index in [4.69, 9.17) is 0 Å². The molecule has 0 aliphatic carbocycles. The molecule has 0 aromatic heterocycles. The fraction of sp³-hybridized carbons (Fsp3) is 0.611. The molecule has 1 aromatic carbocycles. The molecule has 0 bridgehead atoms. The van der Waals surface area contributed by atoms with Crippen molar-refractivity contribution in [1.29, 1.82) is 0 Å². The van der Waals surface area contributed by atoms with Gasteiger partial charge in [-0.25, -0.2) is 0 Å². The van der Waals surface area contributed by atoms with Gasteiger partial charge in [0.25, 0.3) is 5.91 Å². The standard InChI is InChI=1S/C18H28N2O/c1-13(2)20(12-16-6-5-9-19-11-16)18(21)17-10-14(3)7-8-15(17)4/h7-8,10,13,16,19H,5-6,9,11-12H2,1-4H3. The minimum Gasteiger partial charge on any atom is -0.336 e. The molecule has 1 saturated heterocycles. The number of nitrogens with zero attached hydrogens (tertiary/aromatic N) is 1. The van der Waals surface area contributed by atoms with Gasteiger partial charge in [-0.05, 0) is 71.2 Å². The predicted octanol–water partition coefficient (Wildman–Crippen LogP) is 3.15. The fourth-order valence-corrected chi connectivity index (χ4v) is 3.01. The first kappa shape index (κ1) is 16.0. The number of carbonyl (C=O) groups is 1. The van der Waals surface area contributed by atoms with Crippen molar-refractivity contribution in [1.82, 2.24) is 10.2 Å². The van der Waals surface area contributed by atoms with Crippen molar-refractivity contribution in [3.05, 3.63) is 34.9 Å². The first-order chi connectivity index (χ1) is 9.99. The summed E-state index contributed by atoms with van der Waals surface area (Å²) in [7, 11) is 0. The summed E-state index contributed by atoms with van der Waals surface area (Å²) in [6, 6.07) is 6.37. The molecule has 1 aliphatic rings. The van der Waals surface area contributed by atoms with Crippen LogP contribution < -0.4 is 5.32 Å². The van der Waals surface area contributed by atoms with Crippen LogP contribution in [0.25, 0.3) is 0 Å². The van der Waals surface area contributed by atoms with Gasteiger partial charge in [0.1, 0.15) is 0 Å². The third kappa shape index (κ3) is 4.07. The van der Waals surface area contributed by atoms with Gasteiger partial charge in [-0.15, -0.1) is 0 Å². The van der Waals surface area contributed by atoms with Crippen molar-refractivity contribution in [2.45, 2.75) is 46.6 Å². The Balaban J connectivity index is 2.16. The third-order valence-corrected chi connectivity index (χ3v) is 4.36. The smallest absolute Gasteiger partial charge is 0.254 e. The molecule has 1 aliphatic heterocycles. The molecule has 1 heterocycles. The third-order valence-electron chi connectivity index (χ3n) is 4.36. The van der Waals surface area contributed by atoms with E-state index >= 15 is 0 Å². The van der Waals surface area contributed by atoms with E-state index in [2.05, 4.69) is 25.2 Å². The lowest BCUT2D eigenvalue weighted by atomic mass is 9.97. The summed E-state index contributed by atoms with van der Waals surface area (Å²) in [5.41, 5.74) is 3.07. The Morgan fingerprint density at radius 2 is 2.14 bits per heavy atom. The Kier molecular flexibility index (Phi) is 5.40. The highest BCUT2D eigenvalue weighted by molar-refractivity contribution is 5.96. The largest absolute Gasteiger partial charge is 0.336 e. The summed E-state index contributed by atoms with van der Waals surface area (Å²) in [4.78, 5) is 15.0. The Hall–Kier alpha value is -1.35. The van der Waals surface area contributed by atoms with Crippen molar-refractivity contribution < 1.29 is 4.79 Å². The van der Waals surface area contributed by atoms with Crippen molar-refractivity contribution in [2.75, 3.05) is 19.6 Å². The lowest BCUT2D eigenvalue weighted by Gasteiger charge is -2.33. The molecule has 1 atom stereocenters. The number of aryl methyl sites for hydroxylation is 2. The number of amides is 1. The molecule has 3 nitrogen and oxygen atoms in total. The molecule has 116 valence electrons. The molecule has 1 amide bonds. The fourth-order valence-electron chi connectivity index (χ4n) is 3.01. The second kappa shape index (κ2) is 7.08. The lowest BCUT2D eigenvalue weighted by Crippen LogP contribution is -2.44. The quantitative estimate of drug-likeness (QED) is 0.923. The molecular formula is C18H28N2O. The van der Waals surface area contributed by atoms with Gasteiger partial charge in [0.05, 0.1) is 0 Å². The number of carbonyl (C=O) groups excluding carboxylic acids is 1. The summed E-state index contributed by atoms with van der Waals surface area (Å²) in [5.74, 6) is 0.756. The first-order valence-corrected chi connectivity index (χ1v) is 8.08. The minimum absolute atomic E-state index is 0.178. The highest BCUT2D eigenvalue weighted by Gasteiger charge is 2.24. The second-order valence-corrected chi connectivity index (χ2v) is 6.58. The van der Waals surface area contributed by atoms with E-state index in [1.54, 1.807) is 0 Å². The minimum atomic E-state index is 0.178. The van der Waals surface area contributed by atoms with Gasteiger partial charge in [-0.1, -0.05) is 17.7 Å². The first-order valence-electron chi connectivity index (χ1n) is 8.08. The van der Waals surface area contributed by atoms with E-state index in [1.807, 2.05) is 30.9 Å². The van der Waals surface area contributed by atoms with Crippen LogP contribution in [0.15, 0.2) is 18.2 Å². The number of nitrogens with one attached hydrogen (secondary N) is 1. The summed E-state index contributed by atoms with van der Waals surface area (Å²) in [6.45, 7) is 11.3. The average molecular weight is 288 g/mol. The normalized spacial score (nSPS) is 18.8. The molecule has 3 heteroatoms. The SMILES string of the molecule is Cc1ccc(C)c(C(=O)N(CC2CCCNC2)C(C)C)c1. The number of rotatable bonds is 4. The van der Waals surface area contributed by atoms with Crippen LogP contribution >= 0.6 is 0 Å². The van der Waals surface area contributed by atoms with Crippen LogP contribution in [-0.4, -0.2) is 36.5 Å². The molecule has 1 unspecified atom stereocenters. The zero-order chi connectivity index (χ0) is 15.4. The molecule has 0 saturated carbocycles. The van der Waals surface area contributed by atoms with Gasteiger partial charge < -0.3 is 10.2 Å². The van der Waals surface area contributed by atoms with Gasteiger partial charge >= 0.3 is 0 Å². The van der Waals surface area contributed by atoms with Gasteiger partial charge in [0.2, 0.25) is 0 Å². The van der Waals surface area contributed by atoms with E-state index in [1.165, 1.54) is 12.8 Å². The molecule has 1 fully saturated rings. The monoisotopic (exact) mass is 288 g/mol. The maximum absolute atomic E-state index is 12.9. The Labute approximate surface area is 128 Å². The van der Waals surface area contributed by atoms with E-state index in [0.717, 1.165) is 36.3 Å². The Morgan fingerprint density at radius 3 is 2.76 bits per heavy atom. The average Bonchev–Trinajstić information content (AvgIpc) is 2.47. The van der Waals surface area contributed by atoms with Crippen molar-refractivity contribution in [2.24, 2.45) is 5.92 Å². The molecule has 21 heavy (non-hydrogen) atoms. The number of benzene rings is 1. The molecule has 0 radical (unpaired) electrons. The topological polar surface area (TPSA) is 32.3 Å². The summed E-state index contributed by atoms with van der Waals surface area (Å²) in [6.07, 6.45) is 2.44. The van der Waals surface area contributed by atoms with Crippen LogP contribution in [-0.2, 0) is 0 Å². The highest BCUT2D eigenvalue weighted by atomic mass is 16.2. The maximum Gasteiger partial charge on any atom is 0.254 e. The number of hydrogen-bond donors (Lipinski definition) is 1. The molecular weight excluding hydrogens is 260 g/mol. The number of piperidine rings is 1. The van der Waals surface area contributed by atoms with Crippen LogP contribution in [0.3, 0.4) is 0 Å². The van der Waals surface area contributed by atoms with E-state index in [0.29, 0.717) is 5.92 Å². The number of hydrogen-bond acceptors (Lipinski definition) is 2. The van der Waals surface area contributed by atoms with E-state index < -0.39 is 0 Å². The van der Waals surface area contributed by atoms with Crippen molar-refractivity contribution >= 4 is 5.91 Å². The van der Waals surface area contributed by atoms with Crippen LogP contribution in [0.1, 0.15) is 48.2 Å². The highest BCUT2D eigenvalue weighted by Crippen LogP contribution is 2.19. The van der Waals surface area contributed by atoms with Gasteiger partial charge in [-0.3, -0.25) is 4.79 Å². The predicted molar refractivity (Wildman–Crippen MR) is 87.7 cm³/mol. The summed E-state index contributed by atoms with van der Waals surface area (Å²) >= 11 is 0. The van der Waals surface area contributed by atoms with Crippen LogP contribution in [0, 0.1) is 19.8 Å². The Bertz CT molecular complexity index is 490. The van der Waals surface area contributed by atoms with E-state index in [9.17, 15) is 4.79 Å². The maximum atomic E-state index is 12.9. The lowest BCUT2D eigenvalue weighted by molar-refractivity contribution is 0.0660. The summed E-state index contributed by atoms with van der Waals surface area (Å²) < 4.78 is 0. The zero-order valence-corrected chi connectivity index (χ0v) is 13.8. The molecule has 1 N–H and O–H groups in total. The van der Waals surface area contributed by atoms with Crippen LogP contribution in [0.2, 0.25) is 0 Å². The Morgan fingerprint density at radius 1 is 1.38 bits per heavy atom. The van der Waals surface area contributed by atoms with Crippen LogP contribution in [0.5, 0.6) is 0 Å². The zero-order valence-electron chi connectivity index (χ0n) is 13.8. The van der Waals surface area contributed by atoms with Gasteiger partial charge in [-0.2, -0.15) is 0 Å². The van der Waals surface area contributed by atoms with Crippen molar-refractivity contribution in [3.8, 4) is 0 Å². The molecule has 1 aromatic rings.